The van der Waals surface area contributed by atoms with Crippen LogP contribution in [0.1, 0.15) is 36.2 Å². The van der Waals surface area contributed by atoms with Crippen molar-refractivity contribution in [2.45, 2.75) is 44.4 Å². The van der Waals surface area contributed by atoms with Crippen molar-refractivity contribution in [2.24, 2.45) is 7.05 Å². The van der Waals surface area contributed by atoms with Crippen molar-refractivity contribution >= 4 is 17.5 Å². The van der Waals surface area contributed by atoms with Gasteiger partial charge in [0.2, 0.25) is 0 Å². The van der Waals surface area contributed by atoms with Gasteiger partial charge in [0.15, 0.2) is 11.5 Å². The topological polar surface area (TPSA) is 81.9 Å². The SMILES string of the molecule is Cn1cncc1-c1ncc(Cl)c(C(=O)N[C@H]2CC[C@H](OC(F)F)CC2)n1. The lowest BCUT2D eigenvalue weighted by atomic mass is 9.93. The maximum absolute atomic E-state index is 12.5. The van der Waals surface area contributed by atoms with Gasteiger partial charge in [0.1, 0.15) is 5.69 Å². The summed E-state index contributed by atoms with van der Waals surface area (Å²) in [7, 11) is 1.79. The van der Waals surface area contributed by atoms with Crippen LogP contribution in [0.4, 0.5) is 8.78 Å². The molecule has 1 fully saturated rings. The van der Waals surface area contributed by atoms with Gasteiger partial charge in [0.05, 0.1) is 29.8 Å². The van der Waals surface area contributed by atoms with Crippen LogP contribution in [0.5, 0.6) is 0 Å². The van der Waals surface area contributed by atoms with Crippen LogP contribution in [-0.2, 0) is 11.8 Å². The number of aryl methyl sites for hydroxylation is 1. The molecule has 3 rings (SSSR count). The molecule has 0 bridgehead atoms. The van der Waals surface area contributed by atoms with Crippen LogP contribution < -0.4 is 5.32 Å². The van der Waals surface area contributed by atoms with E-state index in [1.165, 1.54) is 6.20 Å². The molecule has 1 aliphatic carbocycles. The molecule has 0 unspecified atom stereocenters. The standard InChI is InChI=1S/C16H18ClF2N5O2/c1-24-8-20-7-12(24)14-21-6-11(17)13(23-14)15(25)22-9-2-4-10(5-3-9)26-16(18)19/h6-10,16H,2-5H2,1H3,(H,22,25)/t9-,10-. The Kier molecular flexibility index (Phi) is 5.77. The number of nitrogens with zero attached hydrogens (tertiary/aromatic N) is 4. The van der Waals surface area contributed by atoms with Crippen LogP contribution in [0.25, 0.3) is 11.5 Å². The molecule has 0 saturated heterocycles. The Hall–Kier alpha value is -2.13. The number of carbonyl (C=O) groups is 1. The van der Waals surface area contributed by atoms with Gasteiger partial charge in [-0.2, -0.15) is 8.78 Å². The molecule has 1 amide bonds. The lowest BCUT2D eigenvalue weighted by molar-refractivity contribution is -0.170. The van der Waals surface area contributed by atoms with Crippen molar-refractivity contribution in [2.75, 3.05) is 0 Å². The summed E-state index contributed by atoms with van der Waals surface area (Å²) < 4.78 is 30.7. The highest BCUT2D eigenvalue weighted by Crippen LogP contribution is 2.24. The largest absolute Gasteiger partial charge is 0.348 e. The summed E-state index contributed by atoms with van der Waals surface area (Å²) in [6, 6.07) is -0.133. The number of carbonyl (C=O) groups excluding carboxylic acids is 1. The quantitative estimate of drug-likeness (QED) is 0.855. The first-order chi connectivity index (χ1) is 12.4. The van der Waals surface area contributed by atoms with Crippen LogP contribution in [0.3, 0.4) is 0 Å². The fraction of sp³-hybridized carbons (Fsp3) is 0.500. The molecule has 1 saturated carbocycles. The molecular weight excluding hydrogens is 368 g/mol. The highest BCUT2D eigenvalue weighted by Gasteiger charge is 2.26. The minimum atomic E-state index is -2.77. The molecule has 26 heavy (non-hydrogen) atoms. The molecule has 2 aromatic rings. The number of aromatic nitrogens is 4. The minimum absolute atomic E-state index is 0.0730. The summed E-state index contributed by atoms with van der Waals surface area (Å²) in [5, 5.41) is 3.00. The number of hydrogen-bond donors (Lipinski definition) is 1. The second-order valence-electron chi connectivity index (χ2n) is 6.12. The number of imidazole rings is 1. The van der Waals surface area contributed by atoms with Crippen LogP contribution in [0, 0.1) is 0 Å². The zero-order chi connectivity index (χ0) is 18.7. The van der Waals surface area contributed by atoms with E-state index in [1.807, 2.05) is 0 Å². The molecular formula is C16H18ClF2N5O2. The summed E-state index contributed by atoms with van der Waals surface area (Å²) in [5.41, 5.74) is 0.726. The number of alkyl halides is 2. The number of nitrogens with one attached hydrogen (secondary N) is 1. The molecule has 0 atom stereocenters. The van der Waals surface area contributed by atoms with E-state index in [9.17, 15) is 13.6 Å². The van der Waals surface area contributed by atoms with Gasteiger partial charge in [-0.3, -0.25) is 4.79 Å². The second-order valence-corrected chi connectivity index (χ2v) is 6.53. The molecule has 7 nitrogen and oxygen atoms in total. The van der Waals surface area contributed by atoms with Crippen LogP contribution >= 0.6 is 11.6 Å². The molecule has 140 valence electrons. The van der Waals surface area contributed by atoms with Crippen molar-refractivity contribution in [3.8, 4) is 11.5 Å². The van der Waals surface area contributed by atoms with Gasteiger partial charge in [-0.15, -0.1) is 0 Å². The zero-order valence-electron chi connectivity index (χ0n) is 14.0. The summed E-state index contributed by atoms with van der Waals surface area (Å²) in [4.78, 5) is 24.9. The molecule has 10 heteroatoms. The molecule has 0 aromatic carbocycles. The Bertz CT molecular complexity index is 778. The highest BCUT2D eigenvalue weighted by atomic mass is 35.5. The molecule has 0 radical (unpaired) electrons. The zero-order valence-corrected chi connectivity index (χ0v) is 14.8. The monoisotopic (exact) mass is 385 g/mol. The van der Waals surface area contributed by atoms with Crippen molar-refractivity contribution in [1.29, 1.82) is 0 Å². The van der Waals surface area contributed by atoms with Crippen molar-refractivity contribution < 1.29 is 18.3 Å². The third kappa shape index (κ3) is 4.34. The predicted octanol–water partition coefficient (Wildman–Crippen LogP) is 2.81. The van der Waals surface area contributed by atoms with Crippen molar-refractivity contribution in [3.63, 3.8) is 0 Å². The number of hydrogen-bond acceptors (Lipinski definition) is 5. The van der Waals surface area contributed by atoms with Gasteiger partial charge in [0, 0.05) is 13.1 Å². The fourth-order valence-corrected chi connectivity index (χ4v) is 3.14. The van der Waals surface area contributed by atoms with E-state index in [4.69, 9.17) is 11.6 Å². The van der Waals surface area contributed by atoms with Gasteiger partial charge in [-0.05, 0) is 25.7 Å². The van der Waals surface area contributed by atoms with E-state index < -0.39 is 18.6 Å². The number of halogens is 3. The van der Waals surface area contributed by atoms with E-state index in [-0.39, 0.29) is 16.8 Å². The number of rotatable bonds is 5. The van der Waals surface area contributed by atoms with Gasteiger partial charge in [-0.25, -0.2) is 15.0 Å². The molecule has 0 spiro atoms. The van der Waals surface area contributed by atoms with Gasteiger partial charge in [-0.1, -0.05) is 11.6 Å². The van der Waals surface area contributed by atoms with E-state index in [1.54, 1.807) is 24.1 Å². The smallest absolute Gasteiger partial charge is 0.345 e. The third-order valence-electron chi connectivity index (χ3n) is 4.31. The summed E-state index contributed by atoms with van der Waals surface area (Å²) >= 11 is 6.08. The number of ether oxygens (including phenoxy) is 1. The molecule has 0 aliphatic heterocycles. The van der Waals surface area contributed by atoms with E-state index in [2.05, 4.69) is 25.0 Å². The Morgan fingerprint density at radius 3 is 2.69 bits per heavy atom. The molecule has 2 aromatic heterocycles. The Balaban J connectivity index is 1.66. The first kappa shape index (κ1) is 18.7. The number of amides is 1. The minimum Gasteiger partial charge on any atom is -0.348 e. The average molecular weight is 386 g/mol. The Morgan fingerprint density at radius 1 is 1.35 bits per heavy atom. The highest BCUT2D eigenvalue weighted by molar-refractivity contribution is 6.33. The first-order valence-electron chi connectivity index (χ1n) is 8.17. The summed E-state index contributed by atoms with van der Waals surface area (Å²) in [5.74, 6) is -0.0763. The normalized spacial score (nSPS) is 20.3. The third-order valence-corrected chi connectivity index (χ3v) is 4.59. The Morgan fingerprint density at radius 2 is 2.08 bits per heavy atom. The lowest BCUT2D eigenvalue weighted by Crippen LogP contribution is -2.39. The first-order valence-corrected chi connectivity index (χ1v) is 8.55. The summed E-state index contributed by atoms with van der Waals surface area (Å²) in [6.45, 7) is -2.77. The molecule has 1 N–H and O–H groups in total. The van der Waals surface area contributed by atoms with Gasteiger partial charge >= 0.3 is 6.61 Å². The Labute approximate surface area is 153 Å². The maximum Gasteiger partial charge on any atom is 0.345 e. The molecule has 1 aliphatic rings. The second kappa shape index (κ2) is 8.05. The average Bonchev–Trinajstić information content (AvgIpc) is 3.02. The van der Waals surface area contributed by atoms with Crippen LogP contribution in [-0.4, -0.2) is 44.2 Å². The van der Waals surface area contributed by atoms with E-state index >= 15 is 0 Å². The van der Waals surface area contributed by atoms with Gasteiger partial charge in [0.25, 0.3) is 5.91 Å². The van der Waals surface area contributed by atoms with Crippen LogP contribution in [0.15, 0.2) is 18.7 Å². The van der Waals surface area contributed by atoms with E-state index in [0.717, 1.165) is 0 Å². The van der Waals surface area contributed by atoms with E-state index in [0.29, 0.717) is 37.2 Å². The van der Waals surface area contributed by atoms with Crippen molar-refractivity contribution in [3.05, 3.63) is 29.4 Å². The molecule has 2 heterocycles. The lowest BCUT2D eigenvalue weighted by Gasteiger charge is -2.28. The maximum atomic E-state index is 12.5. The van der Waals surface area contributed by atoms with Crippen molar-refractivity contribution in [1.82, 2.24) is 24.8 Å². The predicted molar refractivity (Wildman–Crippen MR) is 89.8 cm³/mol. The van der Waals surface area contributed by atoms with Crippen LogP contribution in [0.2, 0.25) is 5.02 Å². The van der Waals surface area contributed by atoms with Gasteiger partial charge < -0.3 is 14.6 Å². The summed E-state index contributed by atoms with van der Waals surface area (Å²) in [6.07, 6.45) is 6.14. The fourth-order valence-electron chi connectivity index (χ4n) is 2.96.